The van der Waals surface area contributed by atoms with Gasteiger partial charge in [0.25, 0.3) is 0 Å². The summed E-state index contributed by atoms with van der Waals surface area (Å²) in [6.45, 7) is 9.01. The van der Waals surface area contributed by atoms with Crippen LogP contribution in [0.4, 0.5) is 22.7 Å². The minimum absolute atomic E-state index is 0.279. The van der Waals surface area contributed by atoms with Crippen LogP contribution in [0.5, 0.6) is 11.5 Å². The van der Waals surface area contributed by atoms with Crippen molar-refractivity contribution in [3.63, 3.8) is 0 Å². The molecule has 0 bridgehead atoms. The number of methoxy groups -OCH3 is 2. The van der Waals surface area contributed by atoms with E-state index in [0.29, 0.717) is 0 Å². The first-order valence-corrected chi connectivity index (χ1v) is 12.6. The normalized spacial score (nSPS) is 12.6. The Kier molecular flexibility index (Phi) is 6.36. The number of benzene rings is 4. The van der Waals surface area contributed by atoms with Gasteiger partial charge in [0.05, 0.1) is 37.0 Å². The van der Waals surface area contributed by atoms with Crippen molar-refractivity contribution in [1.82, 2.24) is 0 Å². The van der Waals surface area contributed by atoms with Crippen molar-refractivity contribution in [2.75, 3.05) is 24.0 Å². The molecule has 0 fully saturated rings. The van der Waals surface area contributed by atoms with Crippen LogP contribution in [0.3, 0.4) is 0 Å². The molecule has 5 rings (SSSR count). The smallest absolute Gasteiger partial charge is 0.126 e. The van der Waals surface area contributed by atoms with Gasteiger partial charge in [-0.15, -0.1) is 0 Å². The highest BCUT2D eigenvalue weighted by atomic mass is 16.5. The van der Waals surface area contributed by atoms with Crippen LogP contribution in [0, 0.1) is 0 Å². The van der Waals surface area contributed by atoms with Gasteiger partial charge in [0, 0.05) is 23.2 Å². The van der Waals surface area contributed by atoms with E-state index in [-0.39, 0.29) is 12.1 Å². The first-order valence-electron chi connectivity index (χ1n) is 12.6. The van der Waals surface area contributed by atoms with E-state index < -0.39 is 0 Å². The zero-order valence-corrected chi connectivity index (χ0v) is 21.9. The Hall–Kier alpha value is -3.92. The quantitative estimate of drug-likeness (QED) is 0.278. The van der Waals surface area contributed by atoms with Crippen molar-refractivity contribution in [1.29, 1.82) is 0 Å². The maximum Gasteiger partial charge on any atom is 0.126 e. The van der Waals surface area contributed by atoms with E-state index in [1.165, 1.54) is 22.7 Å². The second-order valence-electron chi connectivity index (χ2n) is 9.74. The molecule has 0 N–H and O–H groups in total. The van der Waals surface area contributed by atoms with E-state index in [9.17, 15) is 0 Å². The molecule has 0 aliphatic carbocycles. The molecule has 0 amide bonds. The molecule has 0 saturated carbocycles. The van der Waals surface area contributed by atoms with Gasteiger partial charge >= 0.3 is 0 Å². The lowest BCUT2D eigenvalue weighted by Gasteiger charge is -2.44. The lowest BCUT2D eigenvalue weighted by Crippen LogP contribution is -2.36. The lowest BCUT2D eigenvalue weighted by atomic mass is 9.96. The number of rotatable bonds is 6. The minimum atomic E-state index is 0.279. The molecular weight excluding hydrogens is 444 g/mol. The molecule has 1 aliphatic heterocycles. The first-order chi connectivity index (χ1) is 17.4. The van der Waals surface area contributed by atoms with Gasteiger partial charge in [-0.25, -0.2) is 0 Å². The fraction of sp³-hybridized carbons (Fsp3) is 0.250. The number of ether oxygens (including phenoxy) is 2. The van der Waals surface area contributed by atoms with Gasteiger partial charge < -0.3 is 19.3 Å². The maximum absolute atomic E-state index is 5.67. The first kappa shape index (κ1) is 23.8. The van der Waals surface area contributed by atoms with Gasteiger partial charge in [0.1, 0.15) is 11.5 Å². The van der Waals surface area contributed by atoms with Crippen LogP contribution in [0.15, 0.2) is 84.9 Å². The fourth-order valence-corrected chi connectivity index (χ4v) is 5.31. The van der Waals surface area contributed by atoms with Crippen molar-refractivity contribution in [2.45, 2.75) is 39.8 Å². The van der Waals surface area contributed by atoms with E-state index in [0.717, 1.165) is 33.8 Å². The molecule has 0 atom stereocenters. The molecule has 0 unspecified atom stereocenters. The molecule has 0 saturated heterocycles. The van der Waals surface area contributed by atoms with Crippen LogP contribution in [-0.2, 0) is 0 Å². The molecule has 1 heterocycles. The predicted molar refractivity (Wildman–Crippen MR) is 151 cm³/mol. The summed E-state index contributed by atoms with van der Waals surface area (Å²) >= 11 is 0. The standard InChI is InChI=1S/C32H34N2O2/c1-21(2)33-27-17-15-24(26-12-8-10-14-32(26)36-6)20-30(27)34(22(3)4)28-18-16-23(19-29(28)33)25-11-7-9-13-31(25)35-5/h7-22H,1-6H3. The average molecular weight is 479 g/mol. The van der Waals surface area contributed by atoms with Crippen molar-refractivity contribution >= 4 is 22.7 Å². The summed E-state index contributed by atoms with van der Waals surface area (Å²) in [4.78, 5) is 4.91. The molecule has 0 radical (unpaired) electrons. The highest BCUT2D eigenvalue weighted by molar-refractivity contribution is 5.97. The van der Waals surface area contributed by atoms with Crippen molar-refractivity contribution in [2.24, 2.45) is 0 Å². The molecule has 4 heteroatoms. The van der Waals surface area contributed by atoms with Crippen LogP contribution in [0.2, 0.25) is 0 Å². The van der Waals surface area contributed by atoms with E-state index in [4.69, 9.17) is 9.47 Å². The third-order valence-corrected chi connectivity index (χ3v) is 6.86. The van der Waals surface area contributed by atoms with Gasteiger partial charge in [-0.3, -0.25) is 0 Å². The topological polar surface area (TPSA) is 24.9 Å². The Morgan fingerprint density at radius 3 is 1.25 bits per heavy atom. The second-order valence-corrected chi connectivity index (χ2v) is 9.74. The largest absolute Gasteiger partial charge is 0.496 e. The summed E-state index contributed by atoms with van der Waals surface area (Å²) in [6, 6.07) is 30.5. The Bertz CT molecular complexity index is 1290. The molecule has 4 aromatic rings. The Balaban J connectivity index is 1.71. The summed E-state index contributed by atoms with van der Waals surface area (Å²) < 4.78 is 11.3. The van der Waals surface area contributed by atoms with Gasteiger partial charge in [-0.1, -0.05) is 48.5 Å². The van der Waals surface area contributed by atoms with Gasteiger partial charge in [0.2, 0.25) is 0 Å². The summed E-state index contributed by atoms with van der Waals surface area (Å²) in [5.41, 5.74) is 9.33. The molecular formula is C32H34N2O2. The average Bonchev–Trinajstić information content (AvgIpc) is 2.90. The van der Waals surface area contributed by atoms with E-state index >= 15 is 0 Å². The zero-order valence-electron chi connectivity index (χ0n) is 21.9. The van der Waals surface area contributed by atoms with Crippen molar-refractivity contribution in [3.8, 4) is 33.8 Å². The molecule has 1 aliphatic rings. The third-order valence-electron chi connectivity index (χ3n) is 6.86. The molecule has 4 aromatic carbocycles. The van der Waals surface area contributed by atoms with Crippen LogP contribution in [-0.4, -0.2) is 26.3 Å². The maximum atomic E-state index is 5.67. The lowest BCUT2D eigenvalue weighted by molar-refractivity contribution is 0.416. The minimum Gasteiger partial charge on any atom is -0.496 e. The third kappa shape index (κ3) is 3.97. The van der Waals surface area contributed by atoms with Crippen molar-refractivity contribution < 1.29 is 9.47 Å². The molecule has 0 spiro atoms. The number of hydrogen-bond acceptors (Lipinski definition) is 4. The van der Waals surface area contributed by atoms with Crippen molar-refractivity contribution in [3.05, 3.63) is 84.9 Å². The number of fused-ring (bicyclic) bond motifs is 2. The van der Waals surface area contributed by atoms with Crippen LogP contribution < -0.4 is 19.3 Å². The fourth-order valence-electron chi connectivity index (χ4n) is 5.31. The SMILES string of the molecule is COc1ccccc1-c1ccc2c(c1)N(C(C)C)c1ccc(-c3ccccc3OC)cc1N2C(C)C. The summed E-state index contributed by atoms with van der Waals surface area (Å²) in [5, 5.41) is 0. The Morgan fingerprint density at radius 2 is 0.889 bits per heavy atom. The number of anilines is 4. The van der Waals surface area contributed by atoms with Gasteiger partial charge in [0.15, 0.2) is 0 Å². The van der Waals surface area contributed by atoms with E-state index in [1.807, 2.05) is 24.3 Å². The predicted octanol–water partition coefficient (Wildman–Crippen LogP) is 8.44. The second kappa shape index (κ2) is 9.62. The Morgan fingerprint density at radius 1 is 0.500 bits per heavy atom. The molecule has 184 valence electrons. The zero-order chi connectivity index (χ0) is 25.4. The molecule has 4 nitrogen and oxygen atoms in total. The van der Waals surface area contributed by atoms with Crippen LogP contribution in [0.1, 0.15) is 27.7 Å². The summed E-state index contributed by atoms with van der Waals surface area (Å²) in [5.74, 6) is 1.76. The van der Waals surface area contributed by atoms with Crippen LogP contribution >= 0.6 is 0 Å². The number of para-hydroxylation sites is 2. The summed E-state index contributed by atoms with van der Waals surface area (Å²) in [6.07, 6.45) is 0. The van der Waals surface area contributed by atoms with Gasteiger partial charge in [-0.2, -0.15) is 0 Å². The number of nitrogens with zero attached hydrogens (tertiary/aromatic N) is 2. The van der Waals surface area contributed by atoms with Gasteiger partial charge in [-0.05, 0) is 75.2 Å². The highest BCUT2D eigenvalue weighted by Gasteiger charge is 2.32. The van der Waals surface area contributed by atoms with E-state index in [2.05, 4.69) is 98.2 Å². The van der Waals surface area contributed by atoms with Crippen LogP contribution in [0.25, 0.3) is 22.3 Å². The number of hydrogen-bond donors (Lipinski definition) is 0. The summed E-state index contributed by atoms with van der Waals surface area (Å²) in [7, 11) is 3.46. The highest BCUT2D eigenvalue weighted by Crippen LogP contribution is 2.52. The molecule has 0 aromatic heterocycles. The molecule has 36 heavy (non-hydrogen) atoms. The monoisotopic (exact) mass is 478 g/mol. The van der Waals surface area contributed by atoms with E-state index in [1.54, 1.807) is 14.2 Å². The Labute approximate surface area is 214 Å².